The van der Waals surface area contributed by atoms with Gasteiger partial charge in [-0.2, -0.15) is 0 Å². The Morgan fingerprint density at radius 2 is 1.78 bits per heavy atom. The van der Waals surface area contributed by atoms with E-state index in [4.69, 9.17) is 10.5 Å². The van der Waals surface area contributed by atoms with Crippen LogP contribution in [-0.4, -0.2) is 50.5 Å². The highest BCUT2D eigenvalue weighted by atomic mass is 32.2. The Kier molecular flexibility index (Phi) is 8.17. The zero-order chi connectivity index (χ0) is 18.9. The van der Waals surface area contributed by atoms with E-state index in [1.54, 1.807) is 18.4 Å². The molecule has 0 unspecified atom stereocenters. The average Bonchev–Trinajstić information content (AvgIpc) is 3.13. The number of benzene rings is 1. The first kappa shape index (κ1) is 20.4. The first-order chi connectivity index (χ1) is 13.3. The second-order valence-corrected chi connectivity index (χ2v) is 9.43. The summed E-state index contributed by atoms with van der Waals surface area (Å²) in [5, 5.41) is 0.920. The van der Waals surface area contributed by atoms with Gasteiger partial charge in [0.1, 0.15) is 5.75 Å². The monoisotopic (exact) mass is 405 g/mol. The van der Waals surface area contributed by atoms with Crippen molar-refractivity contribution >= 4 is 33.8 Å². The summed E-state index contributed by atoms with van der Waals surface area (Å²) < 4.78 is 6.85. The molecule has 2 N–H and O–H groups in total. The van der Waals surface area contributed by atoms with Crippen LogP contribution in [0.2, 0.25) is 0 Å². The van der Waals surface area contributed by atoms with Gasteiger partial charge in [-0.05, 0) is 49.4 Å². The Balaban J connectivity index is 1.25. The van der Waals surface area contributed by atoms with Gasteiger partial charge in [0.25, 0.3) is 0 Å². The molecule has 0 bridgehead atoms. The number of nitrogens with two attached hydrogens (primary N) is 1. The molecule has 1 aliphatic rings. The summed E-state index contributed by atoms with van der Waals surface area (Å²) >= 11 is 3.64. The number of anilines is 2. The number of rotatable bonds is 10. The Labute approximate surface area is 171 Å². The van der Waals surface area contributed by atoms with Crippen molar-refractivity contribution in [3.8, 4) is 5.75 Å². The molecule has 0 spiro atoms. The Morgan fingerprint density at radius 1 is 1.00 bits per heavy atom. The summed E-state index contributed by atoms with van der Waals surface area (Å²) in [5.74, 6) is 2.19. The topological polar surface area (TPSA) is 41.7 Å². The molecule has 0 amide bonds. The molecule has 4 nitrogen and oxygen atoms in total. The van der Waals surface area contributed by atoms with Crippen molar-refractivity contribution < 1.29 is 4.74 Å². The van der Waals surface area contributed by atoms with Gasteiger partial charge in [-0.1, -0.05) is 25.0 Å². The van der Waals surface area contributed by atoms with E-state index in [0.29, 0.717) is 0 Å². The van der Waals surface area contributed by atoms with E-state index in [9.17, 15) is 0 Å². The van der Waals surface area contributed by atoms with E-state index in [0.717, 1.165) is 36.9 Å². The van der Waals surface area contributed by atoms with Crippen molar-refractivity contribution in [1.29, 1.82) is 0 Å². The number of nitrogens with zero attached hydrogens (tertiary/aromatic N) is 2. The molecule has 0 saturated carbocycles. The second kappa shape index (κ2) is 10.8. The summed E-state index contributed by atoms with van der Waals surface area (Å²) in [5.41, 5.74) is 6.99. The molecule has 2 aromatic rings. The summed E-state index contributed by atoms with van der Waals surface area (Å²) in [4.78, 5) is 5.05. The first-order valence-electron chi connectivity index (χ1n) is 9.84. The molecule has 1 saturated heterocycles. The zero-order valence-corrected chi connectivity index (χ0v) is 17.9. The molecule has 1 aromatic heterocycles. The molecular weight excluding hydrogens is 374 g/mol. The smallest absolute Gasteiger partial charge is 0.142 e. The third-order valence-corrected chi connectivity index (χ3v) is 7.24. The van der Waals surface area contributed by atoms with E-state index in [1.807, 2.05) is 30.0 Å². The number of para-hydroxylation sites is 2. The quantitative estimate of drug-likeness (QED) is 0.454. The van der Waals surface area contributed by atoms with E-state index >= 15 is 0 Å². The first-order valence-corrected chi connectivity index (χ1v) is 11.6. The van der Waals surface area contributed by atoms with Crippen LogP contribution in [-0.2, 0) is 0 Å². The maximum atomic E-state index is 5.77. The van der Waals surface area contributed by atoms with Gasteiger partial charge in [0.05, 0.1) is 22.0 Å². The van der Waals surface area contributed by atoms with Crippen LogP contribution < -0.4 is 15.4 Å². The van der Waals surface area contributed by atoms with Gasteiger partial charge in [0.2, 0.25) is 0 Å². The van der Waals surface area contributed by atoms with Crippen molar-refractivity contribution in [2.75, 3.05) is 56.2 Å². The molecule has 27 heavy (non-hydrogen) atoms. The number of piperazine rings is 1. The van der Waals surface area contributed by atoms with E-state index in [1.165, 1.54) is 47.9 Å². The molecule has 1 aliphatic heterocycles. The van der Waals surface area contributed by atoms with E-state index in [-0.39, 0.29) is 0 Å². The van der Waals surface area contributed by atoms with Gasteiger partial charge < -0.3 is 15.4 Å². The van der Waals surface area contributed by atoms with Crippen LogP contribution in [0.3, 0.4) is 0 Å². The minimum absolute atomic E-state index is 0.920. The van der Waals surface area contributed by atoms with Gasteiger partial charge in [-0.3, -0.25) is 4.90 Å². The molecule has 1 fully saturated rings. The molecule has 2 heterocycles. The fourth-order valence-electron chi connectivity index (χ4n) is 3.48. The number of nitrogen functional groups attached to an aromatic ring is 1. The lowest BCUT2D eigenvalue weighted by molar-refractivity contribution is 0.251. The number of ether oxygens (including phenoxy) is 1. The zero-order valence-electron chi connectivity index (χ0n) is 16.2. The van der Waals surface area contributed by atoms with Crippen LogP contribution in [0.1, 0.15) is 25.7 Å². The normalized spacial score (nSPS) is 15.2. The van der Waals surface area contributed by atoms with Crippen molar-refractivity contribution in [2.45, 2.75) is 29.9 Å². The predicted octanol–water partition coefficient (Wildman–Crippen LogP) is 4.81. The lowest BCUT2D eigenvalue weighted by Gasteiger charge is -2.36. The average molecular weight is 406 g/mol. The fourth-order valence-corrected chi connectivity index (χ4v) is 5.47. The minimum atomic E-state index is 0.920. The van der Waals surface area contributed by atoms with Crippen LogP contribution in [0.5, 0.6) is 5.75 Å². The second-order valence-electron chi connectivity index (χ2n) is 6.92. The lowest BCUT2D eigenvalue weighted by Crippen LogP contribution is -2.46. The number of hydrogen-bond acceptors (Lipinski definition) is 6. The summed E-state index contributed by atoms with van der Waals surface area (Å²) in [7, 11) is 1.75. The van der Waals surface area contributed by atoms with Crippen LogP contribution >= 0.6 is 23.1 Å². The third-order valence-electron chi connectivity index (χ3n) is 5.01. The fraction of sp³-hybridized carbons (Fsp3) is 0.524. The van der Waals surface area contributed by atoms with Crippen LogP contribution in [0.15, 0.2) is 40.6 Å². The number of thioether (sulfide) groups is 1. The highest BCUT2D eigenvalue weighted by Gasteiger charge is 2.18. The summed E-state index contributed by atoms with van der Waals surface area (Å²) in [6, 6.07) is 12.5. The summed E-state index contributed by atoms with van der Waals surface area (Å²) in [6.45, 7) is 5.69. The molecule has 0 radical (unpaired) electrons. The van der Waals surface area contributed by atoms with Crippen molar-refractivity contribution in [3.05, 3.63) is 36.4 Å². The SMILES string of the molecule is COc1ccccc1N1CCN(CCCCCCSc2ccc(N)s2)CC1. The molecule has 0 atom stereocenters. The molecular formula is C21H31N3OS2. The predicted molar refractivity (Wildman–Crippen MR) is 120 cm³/mol. The largest absolute Gasteiger partial charge is 0.495 e. The maximum Gasteiger partial charge on any atom is 0.142 e. The summed E-state index contributed by atoms with van der Waals surface area (Å²) in [6.07, 6.45) is 5.27. The number of hydrogen-bond donors (Lipinski definition) is 1. The van der Waals surface area contributed by atoms with Gasteiger partial charge in [0.15, 0.2) is 0 Å². The minimum Gasteiger partial charge on any atom is -0.495 e. The molecule has 1 aromatic carbocycles. The molecule has 6 heteroatoms. The van der Waals surface area contributed by atoms with Crippen LogP contribution in [0, 0.1) is 0 Å². The number of unbranched alkanes of at least 4 members (excludes halogenated alkanes) is 3. The van der Waals surface area contributed by atoms with Crippen molar-refractivity contribution in [1.82, 2.24) is 4.90 Å². The van der Waals surface area contributed by atoms with Gasteiger partial charge in [-0.15, -0.1) is 23.1 Å². The van der Waals surface area contributed by atoms with Crippen LogP contribution in [0.25, 0.3) is 0 Å². The molecule has 3 rings (SSSR count). The highest BCUT2D eigenvalue weighted by Crippen LogP contribution is 2.30. The highest BCUT2D eigenvalue weighted by molar-refractivity contribution is 8.01. The number of thiophene rings is 1. The van der Waals surface area contributed by atoms with Gasteiger partial charge in [-0.25, -0.2) is 0 Å². The number of methoxy groups -OCH3 is 1. The van der Waals surface area contributed by atoms with Crippen LogP contribution in [0.4, 0.5) is 10.7 Å². The Morgan fingerprint density at radius 3 is 2.52 bits per heavy atom. The van der Waals surface area contributed by atoms with Gasteiger partial charge >= 0.3 is 0 Å². The lowest BCUT2D eigenvalue weighted by atomic mass is 10.2. The van der Waals surface area contributed by atoms with Gasteiger partial charge in [0, 0.05) is 26.2 Å². The van der Waals surface area contributed by atoms with Crippen molar-refractivity contribution in [3.63, 3.8) is 0 Å². The Hall–Kier alpha value is -1.37. The van der Waals surface area contributed by atoms with E-state index in [2.05, 4.69) is 28.0 Å². The third kappa shape index (κ3) is 6.33. The maximum absolute atomic E-state index is 5.77. The van der Waals surface area contributed by atoms with Crippen molar-refractivity contribution in [2.24, 2.45) is 0 Å². The molecule has 148 valence electrons. The van der Waals surface area contributed by atoms with E-state index < -0.39 is 0 Å². The molecule has 0 aliphatic carbocycles. The standard InChI is InChI=1S/C21H31N3OS2/c1-25-19-9-5-4-8-18(19)24-15-13-23(14-16-24)12-6-2-3-7-17-26-21-11-10-20(22)27-21/h4-5,8-11H,2-3,6-7,12-17,22H2,1H3. The Bertz CT molecular complexity index is 684.